The van der Waals surface area contributed by atoms with Crippen molar-refractivity contribution in [3.05, 3.63) is 65.7 Å². The fraction of sp³-hybridized carbons (Fsp3) is 0.318. The number of hydrogen-bond donors (Lipinski definition) is 1. The first-order valence-corrected chi connectivity index (χ1v) is 9.47. The highest BCUT2D eigenvalue weighted by Crippen LogP contribution is 2.24. The molecule has 1 atom stereocenters. The molecule has 2 aromatic rings. The zero-order chi connectivity index (χ0) is 19.9. The lowest BCUT2D eigenvalue weighted by atomic mass is 10.1. The predicted molar refractivity (Wildman–Crippen MR) is 106 cm³/mol. The summed E-state index contributed by atoms with van der Waals surface area (Å²) in [6.45, 7) is 2.75. The first-order chi connectivity index (χ1) is 13.5. The second-order valence-electron chi connectivity index (χ2n) is 6.84. The van der Waals surface area contributed by atoms with Crippen LogP contribution in [0.2, 0.25) is 0 Å². The second kappa shape index (κ2) is 9.17. The number of anilines is 1. The smallest absolute Gasteiger partial charge is 0.339 e. The molecule has 0 radical (unpaired) electrons. The molecule has 1 fully saturated rings. The molecule has 146 valence electrons. The van der Waals surface area contributed by atoms with Gasteiger partial charge in [-0.1, -0.05) is 36.4 Å². The summed E-state index contributed by atoms with van der Waals surface area (Å²) in [6, 6.07) is 15.5. The number of hydrogen-bond acceptors (Lipinski definition) is 4. The highest BCUT2D eigenvalue weighted by molar-refractivity contribution is 5.95. The van der Waals surface area contributed by atoms with Crippen LogP contribution in [0.15, 0.2) is 54.6 Å². The summed E-state index contributed by atoms with van der Waals surface area (Å²) in [5.74, 6) is -1.03. The minimum absolute atomic E-state index is 0.197. The standard InChI is InChI=1S/C22H24N2O4/c1-16(25)23-19-12-8-11-18(15-19)22(27)28-20(17-9-4-2-5-10-17)21(26)24-13-6-3-7-14-24/h2,4-5,8-12,15,20H,3,6-7,13-14H2,1H3,(H,23,25)/t20-/m1/s1. The van der Waals surface area contributed by atoms with Crippen LogP contribution >= 0.6 is 0 Å². The van der Waals surface area contributed by atoms with Crippen molar-refractivity contribution in [1.29, 1.82) is 0 Å². The number of carbonyl (C=O) groups excluding carboxylic acids is 3. The van der Waals surface area contributed by atoms with Crippen molar-refractivity contribution < 1.29 is 19.1 Å². The SMILES string of the molecule is CC(=O)Nc1cccc(C(=O)O[C@@H](C(=O)N2CCCCC2)c2ccccc2)c1. The van der Waals surface area contributed by atoms with E-state index in [9.17, 15) is 14.4 Å². The highest BCUT2D eigenvalue weighted by Gasteiger charge is 2.30. The van der Waals surface area contributed by atoms with Crippen LogP contribution in [0.3, 0.4) is 0 Å². The molecule has 0 aliphatic carbocycles. The van der Waals surface area contributed by atoms with Gasteiger partial charge >= 0.3 is 5.97 Å². The van der Waals surface area contributed by atoms with Gasteiger partial charge in [-0.15, -0.1) is 0 Å². The third-order valence-corrected chi connectivity index (χ3v) is 4.64. The maximum Gasteiger partial charge on any atom is 0.339 e. The topological polar surface area (TPSA) is 75.7 Å². The maximum absolute atomic E-state index is 13.1. The number of likely N-dealkylation sites (tertiary alicyclic amines) is 1. The third-order valence-electron chi connectivity index (χ3n) is 4.64. The number of carbonyl (C=O) groups is 3. The van der Waals surface area contributed by atoms with E-state index >= 15 is 0 Å². The van der Waals surface area contributed by atoms with Crippen molar-refractivity contribution in [3.63, 3.8) is 0 Å². The Bertz CT molecular complexity index is 845. The molecule has 6 nitrogen and oxygen atoms in total. The van der Waals surface area contributed by atoms with Gasteiger partial charge in [-0.3, -0.25) is 9.59 Å². The van der Waals surface area contributed by atoms with Gasteiger partial charge in [0.2, 0.25) is 12.0 Å². The summed E-state index contributed by atoms with van der Waals surface area (Å²) in [7, 11) is 0. The van der Waals surface area contributed by atoms with Crippen LogP contribution in [0.1, 0.15) is 48.2 Å². The minimum Gasteiger partial charge on any atom is -0.444 e. The Morgan fingerprint density at radius 1 is 0.964 bits per heavy atom. The molecule has 6 heteroatoms. The van der Waals surface area contributed by atoms with E-state index in [2.05, 4.69) is 5.32 Å². The lowest BCUT2D eigenvalue weighted by Gasteiger charge is -2.30. The molecule has 1 aliphatic heterocycles. The van der Waals surface area contributed by atoms with Crippen LogP contribution in [0.25, 0.3) is 0 Å². The Hall–Kier alpha value is -3.15. The number of benzene rings is 2. The molecule has 0 unspecified atom stereocenters. The normalized spacial score (nSPS) is 14.8. The van der Waals surface area contributed by atoms with Gasteiger partial charge in [0.05, 0.1) is 5.56 Å². The lowest BCUT2D eigenvalue weighted by Crippen LogP contribution is -2.40. The molecule has 3 rings (SSSR count). The van der Waals surface area contributed by atoms with Gasteiger partial charge < -0.3 is 15.0 Å². The van der Waals surface area contributed by atoms with Crippen LogP contribution < -0.4 is 5.32 Å². The molecule has 0 spiro atoms. The van der Waals surface area contributed by atoms with Gasteiger partial charge in [0.1, 0.15) is 0 Å². The lowest BCUT2D eigenvalue weighted by molar-refractivity contribution is -0.142. The molecular weight excluding hydrogens is 356 g/mol. The summed E-state index contributed by atoms with van der Waals surface area (Å²) in [5.41, 5.74) is 1.42. The number of rotatable bonds is 5. The minimum atomic E-state index is -0.990. The average molecular weight is 380 g/mol. The van der Waals surface area contributed by atoms with E-state index in [4.69, 9.17) is 4.74 Å². The summed E-state index contributed by atoms with van der Waals surface area (Å²) >= 11 is 0. The van der Waals surface area contributed by atoms with Crippen LogP contribution in [-0.2, 0) is 14.3 Å². The zero-order valence-electron chi connectivity index (χ0n) is 15.9. The monoisotopic (exact) mass is 380 g/mol. The molecule has 2 amide bonds. The van der Waals surface area contributed by atoms with Gasteiger partial charge in [-0.25, -0.2) is 4.79 Å². The predicted octanol–water partition coefficient (Wildman–Crippen LogP) is 3.56. The Balaban J connectivity index is 1.82. The molecule has 1 heterocycles. The van der Waals surface area contributed by atoms with Crippen molar-refractivity contribution in [2.24, 2.45) is 0 Å². The molecule has 2 aromatic carbocycles. The van der Waals surface area contributed by atoms with Crippen LogP contribution in [-0.4, -0.2) is 35.8 Å². The Morgan fingerprint density at radius 3 is 2.36 bits per heavy atom. The van der Waals surface area contributed by atoms with E-state index in [1.54, 1.807) is 35.2 Å². The summed E-state index contributed by atoms with van der Waals surface area (Å²) < 4.78 is 5.65. The van der Waals surface area contributed by atoms with E-state index in [0.29, 0.717) is 24.3 Å². The number of nitrogens with one attached hydrogen (secondary N) is 1. The van der Waals surface area contributed by atoms with Crippen molar-refractivity contribution in [3.8, 4) is 0 Å². The van der Waals surface area contributed by atoms with Crippen molar-refractivity contribution >= 4 is 23.5 Å². The van der Waals surface area contributed by atoms with Gasteiger partial charge in [-0.05, 0) is 37.5 Å². The number of piperidine rings is 1. The van der Waals surface area contributed by atoms with Crippen LogP contribution in [0, 0.1) is 0 Å². The first-order valence-electron chi connectivity index (χ1n) is 9.47. The Morgan fingerprint density at radius 2 is 1.68 bits per heavy atom. The zero-order valence-corrected chi connectivity index (χ0v) is 15.9. The number of esters is 1. The van der Waals surface area contributed by atoms with E-state index in [1.807, 2.05) is 18.2 Å². The third kappa shape index (κ3) is 4.97. The molecular formula is C22H24N2O4. The average Bonchev–Trinajstić information content (AvgIpc) is 2.72. The maximum atomic E-state index is 13.1. The van der Waals surface area contributed by atoms with E-state index in [1.165, 1.54) is 13.0 Å². The van der Waals surface area contributed by atoms with Crippen LogP contribution in [0.5, 0.6) is 0 Å². The summed E-state index contributed by atoms with van der Waals surface area (Å²) in [5, 5.41) is 2.64. The summed E-state index contributed by atoms with van der Waals surface area (Å²) in [4.78, 5) is 38.8. The highest BCUT2D eigenvalue weighted by atomic mass is 16.5. The molecule has 1 saturated heterocycles. The Labute approximate surface area is 164 Å². The second-order valence-corrected chi connectivity index (χ2v) is 6.84. The molecule has 0 bridgehead atoms. The van der Waals surface area contributed by atoms with Crippen molar-refractivity contribution in [1.82, 2.24) is 4.90 Å². The molecule has 1 N–H and O–H groups in total. The van der Waals surface area contributed by atoms with Crippen LogP contribution in [0.4, 0.5) is 5.69 Å². The molecule has 0 aromatic heterocycles. The summed E-state index contributed by atoms with van der Waals surface area (Å²) in [6.07, 6.45) is 2.03. The Kier molecular flexibility index (Phi) is 6.42. The molecule has 28 heavy (non-hydrogen) atoms. The van der Waals surface area contributed by atoms with E-state index in [-0.39, 0.29) is 17.4 Å². The fourth-order valence-electron chi connectivity index (χ4n) is 3.27. The number of ether oxygens (including phenoxy) is 1. The first kappa shape index (κ1) is 19.6. The van der Waals surface area contributed by atoms with Crippen molar-refractivity contribution in [2.45, 2.75) is 32.3 Å². The van der Waals surface area contributed by atoms with Gasteiger partial charge in [0, 0.05) is 31.3 Å². The fourth-order valence-corrected chi connectivity index (χ4v) is 3.27. The van der Waals surface area contributed by atoms with E-state index in [0.717, 1.165) is 19.3 Å². The largest absolute Gasteiger partial charge is 0.444 e. The van der Waals surface area contributed by atoms with Gasteiger partial charge in [-0.2, -0.15) is 0 Å². The quantitative estimate of drug-likeness (QED) is 0.805. The van der Waals surface area contributed by atoms with E-state index < -0.39 is 12.1 Å². The molecule has 1 aliphatic rings. The number of nitrogens with zero attached hydrogens (tertiary/aromatic N) is 1. The van der Waals surface area contributed by atoms with Gasteiger partial charge in [0.25, 0.3) is 5.91 Å². The van der Waals surface area contributed by atoms with Crippen molar-refractivity contribution in [2.75, 3.05) is 18.4 Å². The molecule has 0 saturated carbocycles. The number of amides is 2. The van der Waals surface area contributed by atoms with Gasteiger partial charge in [0.15, 0.2) is 0 Å².